The number of benzene rings is 1. The number of aromatic amines is 1. The van der Waals surface area contributed by atoms with Gasteiger partial charge in [0.05, 0.1) is 6.33 Å². The molecule has 0 bridgehead atoms. The van der Waals surface area contributed by atoms with Crippen molar-refractivity contribution in [3.8, 4) is 11.8 Å². The highest BCUT2D eigenvalue weighted by Gasteiger charge is 2.06. The molecule has 6 heteroatoms. The van der Waals surface area contributed by atoms with E-state index in [-0.39, 0.29) is 6.61 Å². The van der Waals surface area contributed by atoms with Crippen LogP contribution in [-0.2, 0) is 5.75 Å². The van der Waals surface area contributed by atoms with Gasteiger partial charge in [0.2, 0.25) is 0 Å². The first-order chi connectivity index (χ1) is 10.4. The van der Waals surface area contributed by atoms with E-state index in [1.165, 1.54) is 11.9 Å². The van der Waals surface area contributed by atoms with Crippen LogP contribution in [0.4, 0.5) is 0 Å². The monoisotopic (exact) mass is 296 g/mol. The van der Waals surface area contributed by atoms with Crippen LogP contribution in [0.1, 0.15) is 11.1 Å². The highest BCUT2D eigenvalue weighted by atomic mass is 32.2. The molecular weight excluding hydrogens is 284 g/mol. The zero-order chi connectivity index (χ0) is 14.5. The fourth-order valence-corrected chi connectivity index (χ4v) is 2.74. The lowest BCUT2D eigenvalue weighted by molar-refractivity contribution is 0.350. The number of aromatic nitrogens is 4. The van der Waals surface area contributed by atoms with Gasteiger partial charge in [-0.3, -0.25) is 0 Å². The van der Waals surface area contributed by atoms with Crippen molar-refractivity contribution in [3.63, 3.8) is 0 Å². The van der Waals surface area contributed by atoms with E-state index in [1.54, 1.807) is 18.1 Å². The Morgan fingerprint density at radius 2 is 2.00 bits per heavy atom. The minimum Gasteiger partial charge on any atom is -0.384 e. The van der Waals surface area contributed by atoms with Gasteiger partial charge in [0.25, 0.3) is 0 Å². The number of thioether (sulfide) groups is 1. The average molecular weight is 296 g/mol. The molecule has 0 fully saturated rings. The molecule has 0 atom stereocenters. The van der Waals surface area contributed by atoms with Crippen LogP contribution in [0.3, 0.4) is 0 Å². The normalized spacial score (nSPS) is 10.3. The van der Waals surface area contributed by atoms with E-state index in [0.717, 1.165) is 21.9 Å². The summed E-state index contributed by atoms with van der Waals surface area (Å²) in [5.74, 6) is 6.31. The van der Waals surface area contributed by atoms with Crippen molar-refractivity contribution >= 4 is 22.9 Å². The molecular formula is C15H12N4OS. The molecule has 0 radical (unpaired) electrons. The number of nitrogens with zero attached hydrogens (tertiary/aromatic N) is 3. The summed E-state index contributed by atoms with van der Waals surface area (Å²) in [5.41, 5.74) is 3.63. The van der Waals surface area contributed by atoms with E-state index in [9.17, 15) is 0 Å². The number of imidazole rings is 1. The first-order valence-electron chi connectivity index (χ1n) is 6.32. The summed E-state index contributed by atoms with van der Waals surface area (Å²) in [5, 5.41) is 9.55. The third-order valence-corrected chi connectivity index (χ3v) is 3.89. The summed E-state index contributed by atoms with van der Waals surface area (Å²) in [4.78, 5) is 15.6. The lowest BCUT2D eigenvalue weighted by Crippen LogP contribution is -1.88. The minimum absolute atomic E-state index is 0.120. The topological polar surface area (TPSA) is 74.7 Å². The molecule has 0 aliphatic heterocycles. The first kappa shape index (κ1) is 13.6. The molecule has 5 nitrogen and oxygen atoms in total. The number of rotatable bonds is 3. The summed E-state index contributed by atoms with van der Waals surface area (Å²) in [6.07, 6.45) is 3.15. The van der Waals surface area contributed by atoms with Crippen LogP contribution < -0.4 is 0 Å². The number of nitrogens with one attached hydrogen (secondary N) is 1. The highest BCUT2D eigenvalue weighted by molar-refractivity contribution is 7.98. The number of H-pyrrole nitrogens is 1. The second-order valence-corrected chi connectivity index (χ2v) is 5.19. The van der Waals surface area contributed by atoms with E-state index in [1.807, 2.05) is 24.3 Å². The zero-order valence-electron chi connectivity index (χ0n) is 11.1. The molecule has 3 rings (SSSR count). The summed E-state index contributed by atoms with van der Waals surface area (Å²) < 4.78 is 0. The fourth-order valence-electron chi connectivity index (χ4n) is 1.83. The van der Waals surface area contributed by atoms with Crippen LogP contribution in [0.2, 0.25) is 0 Å². The van der Waals surface area contributed by atoms with Crippen LogP contribution >= 0.6 is 11.8 Å². The quantitative estimate of drug-likeness (QED) is 0.439. The van der Waals surface area contributed by atoms with E-state index in [4.69, 9.17) is 5.11 Å². The van der Waals surface area contributed by atoms with Gasteiger partial charge >= 0.3 is 0 Å². The molecule has 0 amide bonds. The molecule has 0 aliphatic carbocycles. The Hall–Kier alpha value is -2.36. The molecule has 0 saturated carbocycles. The van der Waals surface area contributed by atoms with Gasteiger partial charge in [-0.2, -0.15) is 0 Å². The van der Waals surface area contributed by atoms with Crippen LogP contribution in [0.5, 0.6) is 0 Å². The van der Waals surface area contributed by atoms with Gasteiger partial charge < -0.3 is 10.1 Å². The smallest absolute Gasteiger partial charge is 0.181 e. The number of aliphatic hydroxyl groups excluding tert-OH is 1. The number of hydrogen-bond donors (Lipinski definition) is 2. The SMILES string of the molecule is OCC#Cc1ccc(CSc2ncnc3nc[nH]c23)cc1. The molecule has 2 aromatic heterocycles. The Kier molecular flexibility index (Phi) is 4.15. The average Bonchev–Trinajstić information content (AvgIpc) is 3.01. The predicted octanol–water partition coefficient (Wildman–Crippen LogP) is 1.99. The van der Waals surface area contributed by atoms with Crippen molar-refractivity contribution in [2.45, 2.75) is 10.8 Å². The summed E-state index contributed by atoms with van der Waals surface area (Å²) in [6, 6.07) is 7.95. The third kappa shape index (κ3) is 3.21. The van der Waals surface area contributed by atoms with Crippen molar-refractivity contribution in [3.05, 3.63) is 48.0 Å². The molecule has 0 aliphatic rings. The van der Waals surface area contributed by atoms with Crippen molar-refractivity contribution < 1.29 is 5.11 Å². The molecule has 104 valence electrons. The first-order valence-corrected chi connectivity index (χ1v) is 7.31. The van der Waals surface area contributed by atoms with Crippen molar-refractivity contribution in [2.75, 3.05) is 6.61 Å². The van der Waals surface area contributed by atoms with Crippen LogP contribution in [0, 0.1) is 11.8 Å². The van der Waals surface area contributed by atoms with E-state index in [0.29, 0.717) is 5.65 Å². The van der Waals surface area contributed by atoms with Crippen molar-refractivity contribution in [1.82, 2.24) is 19.9 Å². The van der Waals surface area contributed by atoms with Gasteiger partial charge in [0.15, 0.2) is 5.65 Å². The Morgan fingerprint density at radius 3 is 2.81 bits per heavy atom. The number of fused-ring (bicyclic) bond motifs is 1. The summed E-state index contributed by atoms with van der Waals surface area (Å²) in [7, 11) is 0. The molecule has 21 heavy (non-hydrogen) atoms. The Morgan fingerprint density at radius 1 is 1.14 bits per heavy atom. The standard InChI is InChI=1S/C15H12N4OS/c20-7-1-2-11-3-5-12(6-4-11)8-21-15-13-14(17-9-16-13)18-10-19-15/h3-6,9-10,20H,7-8H2,(H,16,17,18,19). The molecule has 1 aromatic carbocycles. The Balaban J connectivity index is 1.71. The van der Waals surface area contributed by atoms with Crippen molar-refractivity contribution in [1.29, 1.82) is 0 Å². The van der Waals surface area contributed by atoms with Gasteiger partial charge in [-0.05, 0) is 17.7 Å². The second-order valence-electron chi connectivity index (χ2n) is 4.23. The van der Waals surface area contributed by atoms with E-state index >= 15 is 0 Å². The summed E-state index contributed by atoms with van der Waals surface area (Å²) in [6.45, 7) is -0.120. The molecule has 0 saturated heterocycles. The molecule has 2 heterocycles. The maximum Gasteiger partial charge on any atom is 0.181 e. The third-order valence-electron chi connectivity index (χ3n) is 2.83. The van der Waals surface area contributed by atoms with E-state index in [2.05, 4.69) is 31.8 Å². The van der Waals surface area contributed by atoms with Gasteiger partial charge in [0, 0.05) is 11.3 Å². The maximum absolute atomic E-state index is 8.66. The van der Waals surface area contributed by atoms with Gasteiger partial charge in [0.1, 0.15) is 23.5 Å². The lowest BCUT2D eigenvalue weighted by atomic mass is 10.1. The Labute approximate surface area is 125 Å². The second kappa shape index (κ2) is 6.39. The number of hydrogen-bond acceptors (Lipinski definition) is 5. The Bertz CT molecular complexity index is 802. The zero-order valence-corrected chi connectivity index (χ0v) is 11.9. The van der Waals surface area contributed by atoms with Gasteiger partial charge in [-0.15, -0.1) is 0 Å². The number of aliphatic hydroxyl groups is 1. The molecule has 0 unspecified atom stereocenters. The maximum atomic E-state index is 8.66. The molecule has 3 aromatic rings. The van der Waals surface area contributed by atoms with Gasteiger partial charge in [-0.1, -0.05) is 35.7 Å². The molecule has 2 N–H and O–H groups in total. The lowest BCUT2D eigenvalue weighted by Gasteiger charge is -2.02. The van der Waals surface area contributed by atoms with Crippen LogP contribution in [0.15, 0.2) is 41.9 Å². The largest absolute Gasteiger partial charge is 0.384 e. The van der Waals surface area contributed by atoms with Crippen LogP contribution in [-0.4, -0.2) is 31.6 Å². The van der Waals surface area contributed by atoms with Crippen LogP contribution in [0.25, 0.3) is 11.2 Å². The molecule has 0 spiro atoms. The van der Waals surface area contributed by atoms with E-state index < -0.39 is 0 Å². The highest BCUT2D eigenvalue weighted by Crippen LogP contribution is 2.25. The predicted molar refractivity (Wildman–Crippen MR) is 81.7 cm³/mol. The minimum atomic E-state index is -0.120. The summed E-state index contributed by atoms with van der Waals surface area (Å²) >= 11 is 1.63. The van der Waals surface area contributed by atoms with Gasteiger partial charge in [-0.25, -0.2) is 15.0 Å². The fraction of sp³-hybridized carbons (Fsp3) is 0.133. The van der Waals surface area contributed by atoms with Crippen molar-refractivity contribution in [2.24, 2.45) is 0 Å².